The number of aromatic nitrogens is 4. The zero-order valence-corrected chi connectivity index (χ0v) is 18.6. The first kappa shape index (κ1) is 21.1. The molecule has 9 heteroatoms. The van der Waals surface area contributed by atoms with E-state index < -0.39 is 11.7 Å². The summed E-state index contributed by atoms with van der Waals surface area (Å²) in [7, 11) is 0. The molecule has 0 spiro atoms. The van der Waals surface area contributed by atoms with Crippen molar-refractivity contribution in [3.63, 3.8) is 0 Å². The van der Waals surface area contributed by atoms with Crippen molar-refractivity contribution < 1.29 is 14.0 Å². The normalized spacial score (nSPS) is 14.0. The van der Waals surface area contributed by atoms with E-state index in [1.54, 1.807) is 17.9 Å². The van der Waals surface area contributed by atoms with Gasteiger partial charge in [-0.3, -0.25) is 14.6 Å². The predicted octanol–water partition coefficient (Wildman–Crippen LogP) is 4.21. The van der Waals surface area contributed by atoms with E-state index in [0.717, 1.165) is 16.7 Å². The van der Waals surface area contributed by atoms with Crippen LogP contribution < -0.4 is 0 Å². The van der Waals surface area contributed by atoms with Gasteiger partial charge in [0.25, 0.3) is 11.7 Å². The summed E-state index contributed by atoms with van der Waals surface area (Å²) in [4.78, 5) is 34.7. The highest BCUT2D eigenvalue weighted by Crippen LogP contribution is 2.32. The molecule has 0 bridgehead atoms. The number of likely N-dealkylation sites (tertiary alicyclic amines) is 1. The second-order valence-electron chi connectivity index (χ2n) is 7.81. The lowest BCUT2D eigenvalue weighted by molar-refractivity contribution is -0.126. The average molecular weight is 462 g/mol. The third-order valence-corrected chi connectivity index (χ3v) is 6.08. The van der Waals surface area contributed by atoms with Crippen molar-refractivity contribution in [2.75, 3.05) is 13.1 Å². The van der Waals surface area contributed by atoms with Gasteiger partial charge < -0.3 is 14.3 Å². The standard InChI is InChI=1S/C24H20ClN5O3/c1-14-28-29-23(33-14)19(15-5-3-2-4-6-15)16-8-11-30(12-9-16)24(32)22(31)17-13-27-21-18(25)7-10-26-20(17)21/h2-7,10,13,27H,8-9,11-12H2,1H3. The molecule has 1 aliphatic rings. The maximum atomic E-state index is 13.0. The van der Waals surface area contributed by atoms with Crippen molar-refractivity contribution in [3.8, 4) is 0 Å². The number of benzene rings is 1. The highest BCUT2D eigenvalue weighted by Gasteiger charge is 2.30. The van der Waals surface area contributed by atoms with Crippen LogP contribution in [0.3, 0.4) is 0 Å². The van der Waals surface area contributed by atoms with Crippen molar-refractivity contribution in [1.82, 2.24) is 25.1 Å². The largest absolute Gasteiger partial charge is 0.421 e. The molecule has 0 radical (unpaired) electrons. The smallest absolute Gasteiger partial charge is 0.295 e. The van der Waals surface area contributed by atoms with Gasteiger partial charge in [-0.1, -0.05) is 47.5 Å². The number of Topliss-reactive ketones (excluding diaryl/α,β-unsaturated/α-hetero) is 1. The molecule has 0 saturated carbocycles. The number of aryl methyl sites for hydroxylation is 1. The zero-order valence-electron chi connectivity index (χ0n) is 17.8. The Bertz CT molecular complexity index is 1380. The molecule has 1 saturated heterocycles. The summed E-state index contributed by atoms with van der Waals surface area (Å²) in [5, 5.41) is 8.64. The molecule has 1 aliphatic heterocycles. The van der Waals surface area contributed by atoms with Crippen LogP contribution in [-0.4, -0.2) is 49.8 Å². The number of nitrogens with zero attached hydrogens (tertiary/aromatic N) is 4. The molecule has 0 atom stereocenters. The number of piperidine rings is 1. The molecule has 4 heterocycles. The minimum Gasteiger partial charge on any atom is -0.421 e. The minimum absolute atomic E-state index is 0.227. The number of hydrogen-bond donors (Lipinski definition) is 1. The quantitative estimate of drug-likeness (QED) is 0.360. The van der Waals surface area contributed by atoms with Crippen molar-refractivity contribution in [1.29, 1.82) is 0 Å². The SMILES string of the molecule is Cc1nnc(C(=C2CCN(C(=O)C(=O)c3c[nH]c4c(Cl)ccnc34)CC2)c2ccccc2)o1. The molecule has 4 aromatic rings. The molecular weight excluding hydrogens is 442 g/mol. The topological polar surface area (TPSA) is 105 Å². The van der Waals surface area contributed by atoms with Gasteiger partial charge in [-0.2, -0.15) is 0 Å². The van der Waals surface area contributed by atoms with E-state index in [4.69, 9.17) is 16.0 Å². The van der Waals surface area contributed by atoms with Gasteiger partial charge in [0.2, 0.25) is 11.8 Å². The fourth-order valence-corrected chi connectivity index (χ4v) is 4.34. The van der Waals surface area contributed by atoms with Gasteiger partial charge in [-0.15, -0.1) is 10.2 Å². The lowest BCUT2D eigenvalue weighted by Gasteiger charge is -2.29. The Balaban J connectivity index is 1.39. The number of nitrogens with one attached hydrogen (secondary N) is 1. The van der Waals surface area contributed by atoms with Crippen LogP contribution in [0.15, 0.2) is 58.8 Å². The number of carbonyl (C=O) groups excluding carboxylic acids is 2. The average Bonchev–Trinajstić information content (AvgIpc) is 3.47. The first-order chi connectivity index (χ1) is 16.0. The van der Waals surface area contributed by atoms with Gasteiger partial charge >= 0.3 is 0 Å². The third-order valence-electron chi connectivity index (χ3n) is 5.77. The van der Waals surface area contributed by atoms with Crippen LogP contribution in [0, 0.1) is 6.92 Å². The predicted molar refractivity (Wildman–Crippen MR) is 123 cm³/mol. The Labute approximate surface area is 194 Å². The van der Waals surface area contributed by atoms with E-state index in [2.05, 4.69) is 20.2 Å². The van der Waals surface area contributed by atoms with Gasteiger partial charge in [-0.25, -0.2) is 0 Å². The summed E-state index contributed by atoms with van der Waals surface area (Å²) < 4.78 is 5.73. The van der Waals surface area contributed by atoms with Crippen molar-refractivity contribution in [2.24, 2.45) is 0 Å². The first-order valence-corrected chi connectivity index (χ1v) is 10.9. The number of hydrogen-bond acceptors (Lipinski definition) is 6. The van der Waals surface area contributed by atoms with Crippen LogP contribution in [0.1, 0.15) is 40.5 Å². The highest BCUT2D eigenvalue weighted by atomic mass is 35.5. The number of carbonyl (C=O) groups is 2. The van der Waals surface area contributed by atoms with Crippen LogP contribution in [0.2, 0.25) is 5.02 Å². The van der Waals surface area contributed by atoms with Crippen LogP contribution in [-0.2, 0) is 4.79 Å². The lowest BCUT2D eigenvalue weighted by Crippen LogP contribution is -2.40. The molecule has 166 valence electrons. The van der Waals surface area contributed by atoms with E-state index in [1.165, 1.54) is 12.4 Å². The summed E-state index contributed by atoms with van der Waals surface area (Å²) in [5.41, 5.74) is 4.16. The monoisotopic (exact) mass is 461 g/mol. The Kier molecular flexibility index (Phi) is 5.51. The minimum atomic E-state index is -0.598. The Hall–Kier alpha value is -3.78. The van der Waals surface area contributed by atoms with E-state index >= 15 is 0 Å². The maximum Gasteiger partial charge on any atom is 0.295 e. The van der Waals surface area contributed by atoms with Crippen LogP contribution in [0.5, 0.6) is 0 Å². The maximum absolute atomic E-state index is 13.0. The second-order valence-corrected chi connectivity index (χ2v) is 8.22. The van der Waals surface area contributed by atoms with Crippen LogP contribution in [0.4, 0.5) is 0 Å². The van der Waals surface area contributed by atoms with Crippen molar-refractivity contribution in [2.45, 2.75) is 19.8 Å². The fraction of sp³-hybridized carbons (Fsp3) is 0.208. The number of rotatable bonds is 4. The van der Waals surface area contributed by atoms with Crippen molar-refractivity contribution >= 4 is 39.9 Å². The molecule has 0 unspecified atom stereocenters. The Morgan fingerprint density at radius 3 is 2.55 bits per heavy atom. The van der Waals surface area contributed by atoms with E-state index in [0.29, 0.717) is 53.8 Å². The van der Waals surface area contributed by atoms with E-state index in [1.807, 2.05) is 30.3 Å². The van der Waals surface area contributed by atoms with Crippen molar-refractivity contribution in [3.05, 3.63) is 82.3 Å². The fourth-order valence-electron chi connectivity index (χ4n) is 4.14. The molecular formula is C24H20ClN5O3. The van der Waals surface area contributed by atoms with Gasteiger partial charge in [0.1, 0.15) is 5.52 Å². The summed E-state index contributed by atoms with van der Waals surface area (Å²) in [6.07, 6.45) is 4.21. The van der Waals surface area contributed by atoms with Gasteiger partial charge in [0.15, 0.2) is 0 Å². The molecule has 3 aromatic heterocycles. The molecule has 1 amide bonds. The summed E-state index contributed by atoms with van der Waals surface area (Å²) in [6, 6.07) is 11.5. The number of H-pyrrole nitrogens is 1. The number of aromatic amines is 1. The van der Waals surface area contributed by atoms with E-state index in [-0.39, 0.29) is 5.56 Å². The molecule has 1 N–H and O–H groups in total. The van der Waals surface area contributed by atoms with Gasteiger partial charge in [-0.05, 0) is 24.5 Å². The molecule has 33 heavy (non-hydrogen) atoms. The molecule has 1 fully saturated rings. The lowest BCUT2D eigenvalue weighted by atomic mass is 9.92. The van der Waals surface area contributed by atoms with Crippen LogP contribution >= 0.6 is 11.6 Å². The molecule has 8 nitrogen and oxygen atoms in total. The number of pyridine rings is 1. The summed E-state index contributed by atoms with van der Waals surface area (Å²) in [6.45, 7) is 2.59. The molecule has 0 aliphatic carbocycles. The summed E-state index contributed by atoms with van der Waals surface area (Å²) >= 11 is 6.15. The zero-order chi connectivity index (χ0) is 22.9. The number of fused-ring (bicyclic) bond motifs is 1. The number of ketones is 1. The Morgan fingerprint density at radius 1 is 1.09 bits per heavy atom. The number of halogens is 1. The third kappa shape index (κ3) is 3.93. The highest BCUT2D eigenvalue weighted by molar-refractivity contribution is 6.45. The second kappa shape index (κ2) is 8.63. The van der Waals surface area contributed by atoms with E-state index in [9.17, 15) is 9.59 Å². The number of amides is 1. The van der Waals surface area contributed by atoms with Gasteiger partial charge in [0, 0.05) is 38.0 Å². The summed E-state index contributed by atoms with van der Waals surface area (Å²) in [5.74, 6) is -0.193. The first-order valence-electron chi connectivity index (χ1n) is 10.6. The Morgan fingerprint density at radius 2 is 1.85 bits per heavy atom. The molecule has 5 rings (SSSR count). The van der Waals surface area contributed by atoms with Gasteiger partial charge in [0.05, 0.1) is 16.1 Å². The van der Waals surface area contributed by atoms with Crippen LogP contribution in [0.25, 0.3) is 16.6 Å². The molecule has 1 aromatic carbocycles.